The van der Waals surface area contributed by atoms with Crippen LogP contribution >= 0.6 is 8.38 Å². The molecule has 0 aromatic heterocycles. The molecule has 5 nitrogen and oxygen atoms in total. The molecule has 2 aromatic carbocycles. The van der Waals surface area contributed by atoms with Crippen molar-refractivity contribution in [2.45, 2.75) is 32.6 Å². The van der Waals surface area contributed by atoms with Crippen LogP contribution in [0.2, 0.25) is 0 Å². The van der Waals surface area contributed by atoms with E-state index in [9.17, 15) is 4.79 Å². The molecule has 2 aromatic rings. The van der Waals surface area contributed by atoms with Gasteiger partial charge in [-0.3, -0.25) is 0 Å². The zero-order valence-electron chi connectivity index (χ0n) is 15.2. The lowest BCUT2D eigenvalue weighted by atomic mass is 10.2. The molecule has 6 heteroatoms. The minimum atomic E-state index is -1.34. The van der Waals surface area contributed by atoms with Crippen molar-refractivity contribution < 1.29 is 13.8 Å². The highest BCUT2D eigenvalue weighted by Gasteiger charge is 2.16. The van der Waals surface area contributed by atoms with Crippen LogP contribution in [0.5, 0.6) is 11.5 Å². The van der Waals surface area contributed by atoms with E-state index in [4.69, 9.17) is 9.05 Å². The second-order valence-corrected chi connectivity index (χ2v) is 7.14. The Morgan fingerprint density at radius 2 is 1.42 bits per heavy atom. The quantitative estimate of drug-likeness (QED) is 0.415. The molecule has 0 spiro atoms. The molecule has 0 aliphatic carbocycles. The SMILES string of the molecule is CCCCCCNC(=O)NCP(Oc1ccccc1)Oc1ccccc1. The number of urea groups is 1. The van der Waals surface area contributed by atoms with Gasteiger partial charge in [-0.25, -0.2) is 4.79 Å². The molecule has 0 radical (unpaired) electrons. The number of amides is 2. The van der Waals surface area contributed by atoms with Gasteiger partial charge in [0.05, 0.1) is 0 Å². The monoisotopic (exact) mass is 374 g/mol. The normalized spacial score (nSPS) is 10.4. The second-order valence-electron chi connectivity index (χ2n) is 5.79. The van der Waals surface area contributed by atoms with E-state index in [0.29, 0.717) is 12.8 Å². The molecule has 0 bridgehead atoms. The number of hydrogen-bond acceptors (Lipinski definition) is 3. The number of carbonyl (C=O) groups excluding carboxylic acids is 1. The Morgan fingerprint density at radius 1 is 0.846 bits per heavy atom. The predicted molar refractivity (Wildman–Crippen MR) is 107 cm³/mol. The minimum Gasteiger partial charge on any atom is -0.437 e. The third kappa shape index (κ3) is 8.21. The van der Waals surface area contributed by atoms with E-state index in [1.807, 2.05) is 60.7 Å². The summed E-state index contributed by atoms with van der Waals surface area (Å²) < 4.78 is 11.9. The van der Waals surface area contributed by atoms with Gasteiger partial charge in [-0.1, -0.05) is 62.6 Å². The number of benzene rings is 2. The summed E-state index contributed by atoms with van der Waals surface area (Å²) in [7, 11) is -1.34. The average molecular weight is 374 g/mol. The maximum Gasteiger partial charge on any atom is 0.315 e. The number of carbonyl (C=O) groups is 1. The Kier molecular flexibility index (Phi) is 9.37. The molecule has 0 unspecified atom stereocenters. The van der Waals surface area contributed by atoms with E-state index in [-0.39, 0.29) is 6.03 Å². The molecule has 0 aliphatic heterocycles. The van der Waals surface area contributed by atoms with Gasteiger partial charge in [-0.2, -0.15) is 0 Å². The largest absolute Gasteiger partial charge is 0.437 e. The Morgan fingerprint density at radius 3 is 1.96 bits per heavy atom. The highest BCUT2D eigenvalue weighted by molar-refractivity contribution is 7.48. The fraction of sp³-hybridized carbons (Fsp3) is 0.350. The number of para-hydroxylation sites is 2. The fourth-order valence-corrected chi connectivity index (χ4v) is 3.39. The Balaban J connectivity index is 1.82. The van der Waals surface area contributed by atoms with Gasteiger partial charge in [0.2, 0.25) is 0 Å². The summed E-state index contributed by atoms with van der Waals surface area (Å²) >= 11 is 0. The van der Waals surface area contributed by atoms with Crippen molar-refractivity contribution in [2.75, 3.05) is 12.8 Å². The topological polar surface area (TPSA) is 59.6 Å². The average Bonchev–Trinajstić information content (AvgIpc) is 2.67. The van der Waals surface area contributed by atoms with Crippen LogP contribution in [-0.4, -0.2) is 18.9 Å². The summed E-state index contributed by atoms with van der Waals surface area (Å²) in [5.74, 6) is 1.44. The minimum absolute atomic E-state index is 0.192. The van der Waals surface area contributed by atoms with Gasteiger partial charge in [0.15, 0.2) is 0 Å². The van der Waals surface area contributed by atoms with E-state index in [1.165, 1.54) is 12.8 Å². The molecule has 0 saturated heterocycles. The molecule has 0 saturated carbocycles. The first kappa shape index (κ1) is 20.1. The molecular formula is C20H27N2O3P. The van der Waals surface area contributed by atoms with E-state index < -0.39 is 8.38 Å². The van der Waals surface area contributed by atoms with E-state index in [2.05, 4.69) is 17.6 Å². The molecule has 0 atom stereocenters. The number of rotatable bonds is 11. The summed E-state index contributed by atoms with van der Waals surface area (Å²) in [6.45, 7) is 2.85. The molecule has 0 heterocycles. The van der Waals surface area contributed by atoms with Crippen LogP contribution < -0.4 is 19.7 Å². The van der Waals surface area contributed by atoms with Crippen LogP contribution in [0.15, 0.2) is 60.7 Å². The molecular weight excluding hydrogens is 347 g/mol. The van der Waals surface area contributed by atoms with E-state index in [1.54, 1.807) is 0 Å². The van der Waals surface area contributed by atoms with Crippen molar-refractivity contribution in [3.63, 3.8) is 0 Å². The summed E-state index contributed by atoms with van der Waals surface area (Å²) in [5, 5.41) is 5.72. The molecule has 0 fully saturated rings. The summed E-state index contributed by atoms with van der Waals surface area (Å²) in [4.78, 5) is 12.0. The van der Waals surface area contributed by atoms with Crippen LogP contribution in [0.4, 0.5) is 4.79 Å². The third-order valence-electron chi connectivity index (χ3n) is 3.59. The lowest BCUT2D eigenvalue weighted by Gasteiger charge is -2.19. The van der Waals surface area contributed by atoms with Crippen LogP contribution in [0.25, 0.3) is 0 Å². The van der Waals surface area contributed by atoms with Crippen molar-refractivity contribution >= 4 is 14.4 Å². The zero-order valence-corrected chi connectivity index (χ0v) is 16.1. The van der Waals surface area contributed by atoms with Crippen molar-refractivity contribution in [3.05, 3.63) is 60.7 Å². The number of nitrogens with one attached hydrogen (secondary N) is 2. The smallest absolute Gasteiger partial charge is 0.315 e. The van der Waals surface area contributed by atoms with Gasteiger partial charge in [-0.05, 0) is 30.7 Å². The summed E-state index contributed by atoms with van der Waals surface area (Å²) in [6, 6.07) is 18.8. The highest BCUT2D eigenvalue weighted by atomic mass is 31.2. The first-order valence-corrected chi connectivity index (χ1v) is 10.4. The molecule has 2 N–H and O–H groups in total. The summed E-state index contributed by atoms with van der Waals surface area (Å²) in [6.07, 6.45) is 4.82. The van der Waals surface area contributed by atoms with Gasteiger partial charge < -0.3 is 19.7 Å². The van der Waals surface area contributed by atoms with Crippen molar-refractivity contribution in [1.82, 2.24) is 10.6 Å². The van der Waals surface area contributed by atoms with E-state index >= 15 is 0 Å². The molecule has 2 amide bonds. The van der Waals surface area contributed by atoms with Crippen LogP contribution in [0.3, 0.4) is 0 Å². The molecule has 26 heavy (non-hydrogen) atoms. The van der Waals surface area contributed by atoms with Crippen LogP contribution in [-0.2, 0) is 0 Å². The van der Waals surface area contributed by atoms with Crippen LogP contribution in [0.1, 0.15) is 32.6 Å². The standard InChI is InChI=1S/C20H27N2O3P/c1-2-3-4-11-16-21-20(23)22-17-26(24-18-12-7-5-8-13-18)25-19-14-9-6-10-15-19/h5-10,12-15H,2-4,11,16-17H2,1H3,(H2,21,22,23). The van der Waals surface area contributed by atoms with Gasteiger partial charge in [0.1, 0.15) is 17.8 Å². The Bertz CT molecular complexity index is 584. The van der Waals surface area contributed by atoms with Crippen molar-refractivity contribution in [1.29, 1.82) is 0 Å². The lowest BCUT2D eigenvalue weighted by Crippen LogP contribution is -2.36. The van der Waals surface area contributed by atoms with Gasteiger partial charge >= 0.3 is 14.4 Å². The predicted octanol–water partition coefficient (Wildman–Crippen LogP) is 5.29. The van der Waals surface area contributed by atoms with E-state index in [0.717, 1.165) is 24.3 Å². The zero-order chi connectivity index (χ0) is 18.5. The second kappa shape index (κ2) is 12.2. The van der Waals surface area contributed by atoms with Crippen molar-refractivity contribution in [3.8, 4) is 11.5 Å². The molecule has 2 rings (SSSR count). The maximum absolute atomic E-state index is 12.0. The van der Waals surface area contributed by atoms with Crippen LogP contribution in [0, 0.1) is 0 Å². The van der Waals surface area contributed by atoms with Gasteiger partial charge in [0.25, 0.3) is 0 Å². The molecule has 0 aliphatic rings. The molecule has 140 valence electrons. The van der Waals surface area contributed by atoms with Gasteiger partial charge in [0, 0.05) is 6.54 Å². The fourth-order valence-electron chi connectivity index (χ4n) is 2.23. The van der Waals surface area contributed by atoms with Crippen molar-refractivity contribution in [2.24, 2.45) is 0 Å². The maximum atomic E-state index is 12.0. The number of hydrogen-bond donors (Lipinski definition) is 2. The first-order chi connectivity index (χ1) is 12.8. The Labute approximate surface area is 157 Å². The lowest BCUT2D eigenvalue weighted by molar-refractivity contribution is 0.241. The third-order valence-corrected chi connectivity index (χ3v) is 4.83. The van der Waals surface area contributed by atoms with Gasteiger partial charge in [-0.15, -0.1) is 0 Å². The Hall–Kier alpha value is -2.26. The highest BCUT2D eigenvalue weighted by Crippen LogP contribution is 2.39. The number of unbranched alkanes of at least 4 members (excludes halogenated alkanes) is 3. The summed E-state index contributed by atoms with van der Waals surface area (Å²) in [5.41, 5.74) is 0. The first-order valence-electron chi connectivity index (χ1n) is 9.03.